The first-order valence-electron chi connectivity index (χ1n) is 8.35. The lowest BCUT2D eigenvalue weighted by molar-refractivity contribution is -0.134. The Hall–Kier alpha value is -3.07. The monoisotopic (exact) mass is 331 g/mol. The molecule has 0 saturated heterocycles. The third-order valence-corrected chi connectivity index (χ3v) is 3.89. The van der Waals surface area contributed by atoms with Gasteiger partial charge in [-0.25, -0.2) is 0 Å². The Labute approximate surface area is 148 Å². The fraction of sp³-hybridized carbons (Fsp3) is 0.136. The van der Waals surface area contributed by atoms with E-state index in [-0.39, 0.29) is 12.5 Å². The van der Waals surface area contributed by atoms with Crippen LogP contribution in [0.15, 0.2) is 91.0 Å². The van der Waals surface area contributed by atoms with Crippen LogP contribution in [0.25, 0.3) is 0 Å². The van der Waals surface area contributed by atoms with Crippen molar-refractivity contribution in [1.29, 1.82) is 0 Å². The Morgan fingerprint density at radius 3 is 1.60 bits per heavy atom. The maximum absolute atomic E-state index is 12.7. The number of hydrogen-bond acceptors (Lipinski definition) is 2. The third kappa shape index (κ3) is 5.21. The molecule has 0 aliphatic carbocycles. The van der Waals surface area contributed by atoms with E-state index in [9.17, 15) is 4.79 Å². The van der Waals surface area contributed by atoms with Crippen LogP contribution < -0.4 is 4.74 Å². The van der Waals surface area contributed by atoms with Crippen molar-refractivity contribution in [3.63, 3.8) is 0 Å². The maximum atomic E-state index is 12.7. The average Bonchev–Trinajstić information content (AvgIpc) is 2.68. The molecule has 0 radical (unpaired) electrons. The van der Waals surface area contributed by atoms with Gasteiger partial charge in [0.05, 0.1) is 0 Å². The largest absolute Gasteiger partial charge is 0.484 e. The predicted octanol–water partition coefficient (Wildman–Crippen LogP) is 4.29. The normalized spacial score (nSPS) is 10.2. The summed E-state index contributed by atoms with van der Waals surface area (Å²) in [6.45, 7) is 1.16. The highest BCUT2D eigenvalue weighted by Crippen LogP contribution is 2.12. The van der Waals surface area contributed by atoms with Gasteiger partial charge in [0.25, 0.3) is 5.91 Å². The van der Waals surface area contributed by atoms with Crippen molar-refractivity contribution >= 4 is 5.91 Å². The van der Waals surface area contributed by atoms with Gasteiger partial charge >= 0.3 is 0 Å². The predicted molar refractivity (Wildman–Crippen MR) is 99.1 cm³/mol. The number of para-hydroxylation sites is 1. The lowest BCUT2D eigenvalue weighted by Crippen LogP contribution is -2.34. The van der Waals surface area contributed by atoms with Crippen LogP contribution in [0.1, 0.15) is 11.1 Å². The molecule has 3 aromatic rings. The van der Waals surface area contributed by atoms with E-state index in [0.717, 1.165) is 11.1 Å². The zero-order valence-corrected chi connectivity index (χ0v) is 14.0. The van der Waals surface area contributed by atoms with Crippen molar-refractivity contribution in [2.45, 2.75) is 13.1 Å². The van der Waals surface area contributed by atoms with E-state index >= 15 is 0 Å². The van der Waals surface area contributed by atoms with E-state index in [1.165, 1.54) is 0 Å². The minimum absolute atomic E-state index is 0.0310. The summed E-state index contributed by atoms with van der Waals surface area (Å²) < 4.78 is 5.63. The van der Waals surface area contributed by atoms with Gasteiger partial charge in [-0.05, 0) is 23.3 Å². The summed E-state index contributed by atoms with van der Waals surface area (Å²) in [6, 6.07) is 29.4. The topological polar surface area (TPSA) is 29.5 Å². The van der Waals surface area contributed by atoms with Crippen molar-refractivity contribution in [3.8, 4) is 5.75 Å². The van der Waals surface area contributed by atoms with Gasteiger partial charge in [-0.1, -0.05) is 78.9 Å². The van der Waals surface area contributed by atoms with Crippen LogP contribution in [0.5, 0.6) is 5.75 Å². The second-order valence-corrected chi connectivity index (χ2v) is 5.82. The van der Waals surface area contributed by atoms with Crippen LogP contribution in [0.4, 0.5) is 0 Å². The van der Waals surface area contributed by atoms with E-state index in [4.69, 9.17) is 4.74 Å². The molecule has 0 unspecified atom stereocenters. The minimum Gasteiger partial charge on any atom is -0.484 e. The van der Waals surface area contributed by atoms with Crippen LogP contribution in [-0.2, 0) is 17.9 Å². The molecule has 0 aliphatic heterocycles. The van der Waals surface area contributed by atoms with E-state index in [1.807, 2.05) is 95.9 Å². The van der Waals surface area contributed by atoms with Crippen molar-refractivity contribution in [3.05, 3.63) is 102 Å². The minimum atomic E-state index is -0.0310. The summed E-state index contributed by atoms with van der Waals surface area (Å²) in [5, 5.41) is 0. The smallest absolute Gasteiger partial charge is 0.261 e. The number of rotatable bonds is 7. The molecule has 0 fully saturated rings. The number of hydrogen-bond donors (Lipinski definition) is 0. The molecule has 3 nitrogen and oxygen atoms in total. The van der Waals surface area contributed by atoms with Gasteiger partial charge in [0.2, 0.25) is 0 Å². The van der Waals surface area contributed by atoms with E-state index in [2.05, 4.69) is 0 Å². The zero-order chi connectivity index (χ0) is 17.3. The Kier molecular flexibility index (Phi) is 5.83. The van der Waals surface area contributed by atoms with E-state index < -0.39 is 0 Å². The maximum Gasteiger partial charge on any atom is 0.261 e. The first-order chi connectivity index (χ1) is 12.3. The standard InChI is InChI=1S/C22H21NO2/c24-22(18-25-21-14-8-3-9-15-21)23(16-19-10-4-1-5-11-19)17-20-12-6-2-7-13-20/h1-15H,16-18H2. The van der Waals surface area contributed by atoms with Crippen molar-refractivity contribution < 1.29 is 9.53 Å². The van der Waals surface area contributed by atoms with E-state index in [1.54, 1.807) is 0 Å². The number of benzene rings is 3. The molecular weight excluding hydrogens is 310 g/mol. The summed E-state index contributed by atoms with van der Waals surface area (Å²) in [5.74, 6) is 0.673. The summed E-state index contributed by atoms with van der Waals surface area (Å²) in [5.41, 5.74) is 2.21. The molecule has 0 spiro atoms. The third-order valence-electron chi connectivity index (χ3n) is 3.89. The molecule has 0 aliphatic rings. The Balaban J connectivity index is 1.69. The van der Waals surface area contributed by atoms with Crippen LogP contribution in [0, 0.1) is 0 Å². The molecule has 0 bridgehead atoms. The molecule has 0 saturated carbocycles. The number of amides is 1. The first-order valence-corrected chi connectivity index (χ1v) is 8.35. The Morgan fingerprint density at radius 2 is 1.12 bits per heavy atom. The number of carbonyl (C=O) groups excluding carboxylic acids is 1. The van der Waals surface area contributed by atoms with Crippen LogP contribution in [0.2, 0.25) is 0 Å². The summed E-state index contributed by atoms with van der Waals surface area (Å²) in [4.78, 5) is 14.6. The van der Waals surface area contributed by atoms with Gasteiger partial charge in [0.15, 0.2) is 6.61 Å². The molecule has 3 rings (SSSR count). The second-order valence-electron chi connectivity index (χ2n) is 5.82. The molecule has 25 heavy (non-hydrogen) atoms. The molecule has 0 N–H and O–H groups in total. The lowest BCUT2D eigenvalue weighted by atomic mass is 10.1. The highest BCUT2D eigenvalue weighted by Gasteiger charge is 2.15. The quantitative estimate of drug-likeness (QED) is 0.646. The zero-order valence-electron chi connectivity index (χ0n) is 14.0. The van der Waals surface area contributed by atoms with Gasteiger partial charge in [-0.15, -0.1) is 0 Å². The van der Waals surface area contributed by atoms with E-state index in [0.29, 0.717) is 18.8 Å². The van der Waals surface area contributed by atoms with Gasteiger partial charge in [-0.3, -0.25) is 4.79 Å². The molecule has 126 valence electrons. The molecular formula is C22H21NO2. The second kappa shape index (κ2) is 8.69. The number of ether oxygens (including phenoxy) is 1. The fourth-order valence-corrected chi connectivity index (χ4v) is 2.59. The highest BCUT2D eigenvalue weighted by molar-refractivity contribution is 5.77. The van der Waals surface area contributed by atoms with Crippen molar-refractivity contribution in [2.75, 3.05) is 6.61 Å². The molecule has 3 heteroatoms. The van der Waals surface area contributed by atoms with Gasteiger partial charge in [0, 0.05) is 13.1 Å². The van der Waals surface area contributed by atoms with Crippen LogP contribution in [-0.4, -0.2) is 17.4 Å². The molecule has 0 heterocycles. The average molecular weight is 331 g/mol. The summed E-state index contributed by atoms with van der Waals surface area (Å²) >= 11 is 0. The van der Waals surface area contributed by atoms with Crippen molar-refractivity contribution in [2.24, 2.45) is 0 Å². The Bertz CT molecular complexity index is 731. The number of nitrogens with zero attached hydrogens (tertiary/aromatic N) is 1. The Morgan fingerprint density at radius 1 is 0.680 bits per heavy atom. The summed E-state index contributed by atoms with van der Waals surface area (Å²) in [6.07, 6.45) is 0. The van der Waals surface area contributed by atoms with Crippen molar-refractivity contribution in [1.82, 2.24) is 4.90 Å². The fourth-order valence-electron chi connectivity index (χ4n) is 2.59. The highest BCUT2D eigenvalue weighted by atomic mass is 16.5. The number of carbonyl (C=O) groups is 1. The van der Waals surface area contributed by atoms with Gasteiger partial charge in [-0.2, -0.15) is 0 Å². The first kappa shape index (κ1) is 16.8. The molecule has 0 aromatic heterocycles. The molecule has 3 aromatic carbocycles. The van der Waals surface area contributed by atoms with Gasteiger partial charge < -0.3 is 9.64 Å². The summed E-state index contributed by atoms with van der Waals surface area (Å²) in [7, 11) is 0. The van der Waals surface area contributed by atoms with Crippen LogP contribution >= 0.6 is 0 Å². The molecule has 0 atom stereocenters. The van der Waals surface area contributed by atoms with Crippen LogP contribution in [0.3, 0.4) is 0 Å². The lowest BCUT2D eigenvalue weighted by Gasteiger charge is -2.23. The van der Waals surface area contributed by atoms with Gasteiger partial charge in [0.1, 0.15) is 5.75 Å². The molecule has 1 amide bonds. The SMILES string of the molecule is O=C(COc1ccccc1)N(Cc1ccccc1)Cc1ccccc1.